The topological polar surface area (TPSA) is 281 Å². The average molecular weight is 935 g/mol. The highest BCUT2D eigenvalue weighted by Gasteiger charge is 2.50. The first kappa shape index (κ1) is 52.1. The van der Waals surface area contributed by atoms with Crippen LogP contribution in [0, 0.1) is 0 Å². The molecule has 24 heteroatoms. The Hall–Kier alpha value is -3.52. The molecule has 4 bridgehead atoms. The van der Waals surface area contributed by atoms with Gasteiger partial charge in [-0.05, 0) is 70.8 Å². The largest absolute Gasteiger partial charge is 0.724 e. The van der Waals surface area contributed by atoms with Crippen LogP contribution in [0.25, 0.3) is 0 Å². The number of hydroxylamine groups is 4. The highest BCUT2D eigenvalue weighted by Crippen LogP contribution is 2.39. The van der Waals surface area contributed by atoms with Crippen molar-refractivity contribution in [2.24, 2.45) is 5.73 Å². The van der Waals surface area contributed by atoms with E-state index in [0.717, 1.165) is 12.8 Å². The minimum atomic E-state index is -4.99. The van der Waals surface area contributed by atoms with Gasteiger partial charge in [-0.3, -0.25) is 4.55 Å². The Morgan fingerprint density at radius 3 is 1.41 bits per heavy atom. The van der Waals surface area contributed by atoms with E-state index in [1.165, 1.54) is 91.8 Å². The van der Waals surface area contributed by atoms with Crippen molar-refractivity contribution >= 4 is 32.9 Å². The molecule has 4 atom stereocenters. The van der Waals surface area contributed by atoms with Crippen molar-refractivity contribution in [1.29, 1.82) is 0 Å². The molecule has 0 radical (unpaired) electrons. The lowest BCUT2D eigenvalue weighted by atomic mass is 10.0. The van der Waals surface area contributed by atoms with Gasteiger partial charge in [0.1, 0.15) is 12.1 Å². The summed E-state index contributed by atoms with van der Waals surface area (Å²) in [6.45, 7) is 18.1. The number of urea groups is 2. The molecule has 4 aliphatic rings. The van der Waals surface area contributed by atoms with Crippen LogP contribution in [0.1, 0.15) is 167 Å². The summed E-state index contributed by atoms with van der Waals surface area (Å²) in [5.41, 5.74) is 5.43. The van der Waals surface area contributed by atoms with Gasteiger partial charge in [0.05, 0.1) is 38.3 Å². The zero-order valence-electron chi connectivity index (χ0n) is 37.6. The van der Waals surface area contributed by atoms with Crippen molar-refractivity contribution in [3.8, 4) is 0 Å². The molecule has 6 heterocycles. The number of rotatable bonds is 24. The lowest BCUT2D eigenvalue weighted by Gasteiger charge is -2.39. The van der Waals surface area contributed by atoms with Crippen molar-refractivity contribution in [3.63, 3.8) is 0 Å². The van der Waals surface area contributed by atoms with Gasteiger partial charge in [-0.25, -0.2) is 18.0 Å². The Labute approximate surface area is 372 Å². The Bertz CT molecular complexity index is 1780. The molecule has 3 N–H and O–H groups in total. The van der Waals surface area contributed by atoms with E-state index in [4.69, 9.17) is 19.1 Å². The first-order chi connectivity index (χ1) is 30.0. The molecular weight excluding hydrogens is 865 g/mol. The summed E-state index contributed by atoms with van der Waals surface area (Å²) in [5.74, 6) is 1.60. The van der Waals surface area contributed by atoms with Crippen molar-refractivity contribution in [1.82, 2.24) is 40.3 Å². The van der Waals surface area contributed by atoms with E-state index >= 15 is 0 Å². The van der Waals surface area contributed by atoms with Gasteiger partial charge in [-0.15, -0.1) is 24.7 Å². The Morgan fingerprint density at radius 2 is 1.05 bits per heavy atom. The standard InChI is InChI=1S/C16H36N.C12H18N4O6S.C11H17N5O6S/c1-5-9-13-17(14-10-6-2,15-11-7-3)16-12-8-4;1-2-3-4-10-13-14-11(21-10)9-6-5-8-7-15(9)12(17)16(8)22-23(18,19)20;12-5-1-2-9-13-14-10(21-9)8-4-3-7-6-15(8)11(17)16(7)22-23(18,19)20/h5-16H2,1-4H3;8-9H,2-7H2,1H3,(H,18,19,20);7-8H,1-6,12H2,(H,18,19,20)/q+1;;/p-1/t;8-,9+;7-,8+/m.11/s1. The van der Waals surface area contributed by atoms with Crippen LogP contribution in [0.2, 0.25) is 0 Å². The van der Waals surface area contributed by atoms with Gasteiger partial charge in [0, 0.05) is 25.9 Å². The lowest BCUT2D eigenvalue weighted by Crippen LogP contribution is -2.50. The fourth-order valence-corrected chi connectivity index (χ4v) is 9.17. The van der Waals surface area contributed by atoms with E-state index < -0.39 is 57.0 Å². The molecule has 22 nitrogen and oxygen atoms in total. The first-order valence-corrected chi connectivity index (χ1v) is 25.4. The van der Waals surface area contributed by atoms with E-state index in [1.54, 1.807) is 0 Å². The van der Waals surface area contributed by atoms with E-state index in [-0.39, 0.29) is 13.1 Å². The third-order valence-corrected chi connectivity index (χ3v) is 12.5. The molecule has 0 saturated carbocycles. The van der Waals surface area contributed by atoms with E-state index in [9.17, 15) is 31.0 Å². The maximum Gasteiger partial charge on any atom is 0.418 e. The number of carbonyl (C=O) groups is 2. The summed E-state index contributed by atoms with van der Waals surface area (Å²) >= 11 is 0. The van der Waals surface area contributed by atoms with Crippen molar-refractivity contribution < 1.29 is 57.4 Å². The SMILES string of the molecule is CCCC[N+](CCCC)(CCCC)CCCC.CCCCc1nnc([C@@H]2CC[C@@H]3CN2C(=O)N3OS(=O)(=O)[O-])o1.NCCCc1nnc([C@@H]2CC[C@@H]3CN2C(=O)N3OS(=O)(=O)O)o1. The maximum atomic E-state index is 12.3. The summed E-state index contributed by atoms with van der Waals surface area (Å²) < 4.78 is 83.9. The Balaban J connectivity index is 0.000000211. The highest BCUT2D eigenvalue weighted by atomic mass is 32.3. The number of carbonyl (C=O) groups excluding carboxylic acids is 2. The van der Waals surface area contributed by atoms with Gasteiger partial charge >= 0.3 is 22.5 Å². The number of aromatic nitrogens is 4. The smallest absolute Gasteiger partial charge is 0.418 e. The molecule has 4 fully saturated rings. The number of fused-ring (bicyclic) bond motifs is 4. The zero-order valence-corrected chi connectivity index (χ0v) is 39.3. The van der Waals surface area contributed by atoms with Gasteiger partial charge in [0.25, 0.3) is 0 Å². The molecule has 0 unspecified atom stereocenters. The molecule has 0 aromatic carbocycles. The van der Waals surface area contributed by atoms with Crippen molar-refractivity contribution in [3.05, 3.63) is 23.6 Å². The van der Waals surface area contributed by atoms with Gasteiger partial charge in [0.2, 0.25) is 34.0 Å². The molecule has 0 spiro atoms. The monoisotopic (exact) mass is 934 g/mol. The van der Waals surface area contributed by atoms with Crippen LogP contribution in [0.3, 0.4) is 0 Å². The molecule has 360 valence electrons. The number of hydrogen-bond donors (Lipinski definition) is 2. The fraction of sp³-hybridized carbons (Fsp3) is 0.846. The van der Waals surface area contributed by atoms with Crippen LogP contribution < -0.4 is 5.73 Å². The second-order valence-electron chi connectivity index (χ2n) is 16.7. The molecule has 4 amide bonds. The van der Waals surface area contributed by atoms with Crippen LogP contribution in [0.5, 0.6) is 0 Å². The summed E-state index contributed by atoms with van der Waals surface area (Å²) in [6.07, 6.45) is 17.0. The van der Waals surface area contributed by atoms with Crippen LogP contribution in [-0.2, 0) is 42.2 Å². The second kappa shape index (κ2) is 24.7. The summed E-state index contributed by atoms with van der Waals surface area (Å²) in [6, 6.07) is -3.11. The number of quaternary nitrogens is 1. The second-order valence-corrected chi connectivity index (χ2v) is 18.7. The van der Waals surface area contributed by atoms with Crippen molar-refractivity contribution in [2.45, 2.75) is 168 Å². The Morgan fingerprint density at radius 1 is 0.651 bits per heavy atom. The molecule has 4 aliphatic heterocycles. The lowest BCUT2D eigenvalue weighted by molar-refractivity contribution is -0.929. The van der Waals surface area contributed by atoms with Gasteiger partial charge in [-0.2, -0.15) is 22.8 Å². The maximum absolute atomic E-state index is 12.3. The summed E-state index contributed by atoms with van der Waals surface area (Å²) in [5, 5.41) is 17.2. The number of amides is 4. The molecule has 0 aliphatic carbocycles. The molecule has 6 rings (SSSR count). The van der Waals surface area contributed by atoms with Crippen LogP contribution >= 0.6 is 0 Å². The normalized spacial score (nSPS) is 21.1. The van der Waals surface area contributed by atoms with Gasteiger partial charge in [0.15, 0.2) is 0 Å². The molecule has 2 aromatic heterocycles. The van der Waals surface area contributed by atoms with Crippen LogP contribution in [0.15, 0.2) is 8.83 Å². The van der Waals surface area contributed by atoms with E-state index in [2.05, 4.69) is 63.6 Å². The zero-order chi connectivity index (χ0) is 46.2. The molecular formula is C39H70N10O12S2. The predicted molar refractivity (Wildman–Crippen MR) is 227 cm³/mol. The number of nitrogens with zero attached hydrogens (tertiary/aromatic N) is 9. The number of piperidine rings is 2. The Kier molecular flexibility index (Phi) is 20.4. The molecule has 63 heavy (non-hydrogen) atoms. The number of aryl methyl sites for hydroxylation is 2. The number of nitrogens with two attached hydrogens (primary N) is 1. The third-order valence-electron chi connectivity index (χ3n) is 11.8. The highest BCUT2D eigenvalue weighted by molar-refractivity contribution is 7.81. The van der Waals surface area contributed by atoms with Crippen LogP contribution in [0.4, 0.5) is 9.59 Å². The molecule has 4 saturated heterocycles. The predicted octanol–water partition coefficient (Wildman–Crippen LogP) is 5.39. The summed E-state index contributed by atoms with van der Waals surface area (Å²) in [7, 11) is -9.74. The van der Waals surface area contributed by atoms with Gasteiger partial charge < -0.3 is 33.4 Å². The number of unbranched alkanes of at least 4 members (excludes halogenated alkanes) is 5. The van der Waals surface area contributed by atoms with Crippen LogP contribution in [-0.4, -0.2) is 141 Å². The van der Waals surface area contributed by atoms with E-state index in [1.807, 2.05) is 0 Å². The number of hydrogen-bond acceptors (Lipinski definition) is 16. The van der Waals surface area contributed by atoms with E-state index in [0.29, 0.717) is 85.2 Å². The molecule has 2 aromatic rings. The average Bonchev–Trinajstić information content (AvgIpc) is 4.03. The minimum Gasteiger partial charge on any atom is -0.724 e. The van der Waals surface area contributed by atoms with Crippen molar-refractivity contribution in [2.75, 3.05) is 45.8 Å². The third kappa shape index (κ3) is 15.3. The fourth-order valence-electron chi connectivity index (χ4n) is 8.40. The van der Waals surface area contributed by atoms with Gasteiger partial charge in [-0.1, -0.05) is 66.7 Å². The quantitative estimate of drug-likeness (QED) is 0.0758. The first-order valence-electron chi connectivity index (χ1n) is 22.7. The minimum absolute atomic E-state index is 0.256. The summed E-state index contributed by atoms with van der Waals surface area (Å²) in [4.78, 5) is 27.3.